The quantitative estimate of drug-likeness (QED) is 0.371. The number of nitrogens with one attached hydrogen (secondary N) is 1. The molecule has 0 aliphatic carbocycles. The zero-order valence-electron chi connectivity index (χ0n) is 15.1. The number of halogens is 1. The van der Waals surface area contributed by atoms with Crippen LogP contribution in [-0.2, 0) is 17.8 Å². The summed E-state index contributed by atoms with van der Waals surface area (Å²) in [5.41, 5.74) is 1.02. The lowest BCUT2D eigenvalue weighted by atomic mass is 10.4. The van der Waals surface area contributed by atoms with Gasteiger partial charge in [-0.1, -0.05) is 5.16 Å². The second-order valence-electron chi connectivity index (χ2n) is 5.26. The Morgan fingerprint density at radius 2 is 2.24 bits per heavy atom. The molecule has 0 aliphatic rings. The summed E-state index contributed by atoms with van der Waals surface area (Å²) in [4.78, 5) is 15.1. The molecule has 2 aromatic heterocycles. The summed E-state index contributed by atoms with van der Waals surface area (Å²) in [6, 6.07) is 0. The predicted octanol–water partition coefficient (Wildman–Crippen LogP) is 2.76. The molecule has 1 unspecified atom stereocenters. The van der Waals surface area contributed by atoms with Crippen LogP contribution in [-0.4, -0.2) is 46.7 Å². The van der Waals surface area contributed by atoms with Gasteiger partial charge in [0.2, 0.25) is 5.89 Å². The molecule has 1 atom stereocenters. The second-order valence-corrected chi connectivity index (χ2v) is 6.32. The summed E-state index contributed by atoms with van der Waals surface area (Å²) in [5, 5.41) is 10.3. The molecular weight excluding hydrogens is 455 g/mol. The van der Waals surface area contributed by atoms with Crippen LogP contribution in [0.2, 0.25) is 0 Å². The van der Waals surface area contributed by atoms with E-state index in [1.807, 2.05) is 32.7 Å². The minimum atomic E-state index is -0.178. The Hall–Kier alpha value is -1.27. The van der Waals surface area contributed by atoms with Crippen molar-refractivity contribution in [3.05, 3.63) is 27.8 Å². The molecule has 2 rings (SSSR count). The summed E-state index contributed by atoms with van der Waals surface area (Å²) in [7, 11) is 3.70. The molecule has 0 saturated heterocycles. The van der Waals surface area contributed by atoms with E-state index in [4.69, 9.17) is 9.26 Å². The number of thiazole rings is 1. The Kier molecular flexibility index (Phi) is 9.28. The van der Waals surface area contributed by atoms with Crippen LogP contribution in [0.25, 0.3) is 0 Å². The first-order valence-electron chi connectivity index (χ1n) is 7.80. The fourth-order valence-electron chi connectivity index (χ4n) is 2.17. The normalized spacial score (nSPS) is 12.6. The van der Waals surface area contributed by atoms with Gasteiger partial charge in [0.05, 0.1) is 23.8 Å². The largest absolute Gasteiger partial charge is 0.371 e. The summed E-state index contributed by atoms with van der Waals surface area (Å²) in [5.74, 6) is 1.78. The Morgan fingerprint density at radius 1 is 1.48 bits per heavy atom. The monoisotopic (exact) mass is 480 g/mol. The van der Waals surface area contributed by atoms with Gasteiger partial charge in [0.15, 0.2) is 11.8 Å². The topological polar surface area (TPSA) is 88.7 Å². The molecule has 140 valence electrons. The van der Waals surface area contributed by atoms with Gasteiger partial charge in [-0.15, -0.1) is 35.3 Å². The number of hydrogen-bond acceptors (Lipinski definition) is 7. The third kappa shape index (κ3) is 6.51. The SMILES string of the molecule is CCOC(C)c1noc(CNC(=NC)N(C)Cc2csc(C)n2)n1.I. The van der Waals surface area contributed by atoms with Crippen molar-refractivity contribution >= 4 is 41.3 Å². The van der Waals surface area contributed by atoms with E-state index >= 15 is 0 Å². The molecule has 0 aliphatic heterocycles. The van der Waals surface area contributed by atoms with Gasteiger partial charge in [-0.2, -0.15) is 4.98 Å². The van der Waals surface area contributed by atoms with Crippen molar-refractivity contribution in [3.8, 4) is 0 Å². The average Bonchev–Trinajstić information content (AvgIpc) is 3.17. The van der Waals surface area contributed by atoms with Gasteiger partial charge in [-0.05, 0) is 20.8 Å². The van der Waals surface area contributed by atoms with E-state index in [1.54, 1.807) is 18.4 Å². The third-order valence-electron chi connectivity index (χ3n) is 3.30. The lowest BCUT2D eigenvalue weighted by molar-refractivity contribution is 0.0683. The molecule has 10 heteroatoms. The van der Waals surface area contributed by atoms with Crippen molar-refractivity contribution < 1.29 is 9.26 Å². The molecule has 0 fully saturated rings. The van der Waals surface area contributed by atoms with E-state index in [-0.39, 0.29) is 30.1 Å². The Morgan fingerprint density at radius 3 is 2.84 bits per heavy atom. The molecule has 2 aromatic rings. The van der Waals surface area contributed by atoms with Gasteiger partial charge in [0.25, 0.3) is 0 Å². The van der Waals surface area contributed by atoms with E-state index in [0.717, 1.165) is 16.7 Å². The number of aliphatic imine (C=N–C) groups is 1. The highest BCUT2D eigenvalue weighted by Crippen LogP contribution is 2.13. The Bertz CT molecular complexity index is 675. The maximum Gasteiger partial charge on any atom is 0.246 e. The molecule has 0 saturated carbocycles. The van der Waals surface area contributed by atoms with E-state index in [9.17, 15) is 0 Å². The smallest absolute Gasteiger partial charge is 0.246 e. The first-order chi connectivity index (χ1) is 11.5. The lowest BCUT2D eigenvalue weighted by Crippen LogP contribution is -2.38. The molecule has 0 amide bonds. The molecule has 2 heterocycles. The molecule has 0 aromatic carbocycles. The highest BCUT2D eigenvalue weighted by molar-refractivity contribution is 14.0. The van der Waals surface area contributed by atoms with Crippen molar-refractivity contribution in [1.82, 2.24) is 25.3 Å². The van der Waals surface area contributed by atoms with Gasteiger partial charge < -0.3 is 19.5 Å². The van der Waals surface area contributed by atoms with Gasteiger partial charge in [0.1, 0.15) is 6.10 Å². The number of guanidine groups is 1. The van der Waals surface area contributed by atoms with E-state index in [0.29, 0.717) is 31.4 Å². The highest BCUT2D eigenvalue weighted by Gasteiger charge is 2.15. The maximum atomic E-state index is 5.45. The van der Waals surface area contributed by atoms with Gasteiger partial charge >= 0.3 is 0 Å². The van der Waals surface area contributed by atoms with Crippen LogP contribution in [0, 0.1) is 6.92 Å². The van der Waals surface area contributed by atoms with Crippen molar-refractivity contribution in [3.63, 3.8) is 0 Å². The van der Waals surface area contributed by atoms with Gasteiger partial charge in [0, 0.05) is 26.1 Å². The Labute approximate surface area is 169 Å². The highest BCUT2D eigenvalue weighted by atomic mass is 127. The lowest BCUT2D eigenvalue weighted by Gasteiger charge is -2.20. The standard InChI is InChI=1S/C15H24N6O2S.HI/c1-6-22-10(2)14-19-13(23-20-14)7-17-15(16-4)21(5)8-12-9-24-11(3)18-12;/h9-10H,6-8H2,1-5H3,(H,16,17);1H. The Balaban J connectivity index is 0.00000312. The third-order valence-corrected chi connectivity index (χ3v) is 4.12. The van der Waals surface area contributed by atoms with Crippen LogP contribution in [0.15, 0.2) is 14.9 Å². The number of nitrogens with zero attached hydrogens (tertiary/aromatic N) is 5. The number of aromatic nitrogens is 3. The molecule has 0 spiro atoms. The average molecular weight is 480 g/mol. The number of aryl methyl sites for hydroxylation is 1. The molecule has 0 radical (unpaired) electrons. The molecular formula is C15H25IN6O2S. The van der Waals surface area contributed by atoms with Crippen LogP contribution < -0.4 is 5.32 Å². The zero-order chi connectivity index (χ0) is 17.5. The summed E-state index contributed by atoms with van der Waals surface area (Å²) >= 11 is 1.64. The van der Waals surface area contributed by atoms with E-state index < -0.39 is 0 Å². The van der Waals surface area contributed by atoms with E-state index in [1.165, 1.54) is 0 Å². The van der Waals surface area contributed by atoms with Crippen LogP contribution in [0.5, 0.6) is 0 Å². The fraction of sp³-hybridized carbons (Fsp3) is 0.600. The summed E-state index contributed by atoms with van der Waals surface area (Å²) in [6.45, 7) is 7.52. The minimum Gasteiger partial charge on any atom is -0.371 e. The number of hydrogen-bond donors (Lipinski definition) is 1. The van der Waals surface area contributed by atoms with Crippen LogP contribution in [0.4, 0.5) is 0 Å². The van der Waals surface area contributed by atoms with Crippen molar-refractivity contribution in [2.45, 2.75) is 40.0 Å². The maximum absolute atomic E-state index is 5.45. The second kappa shape index (κ2) is 10.7. The van der Waals surface area contributed by atoms with Gasteiger partial charge in [-0.3, -0.25) is 4.99 Å². The van der Waals surface area contributed by atoms with Crippen LogP contribution in [0.3, 0.4) is 0 Å². The molecule has 25 heavy (non-hydrogen) atoms. The van der Waals surface area contributed by atoms with Crippen LogP contribution >= 0.6 is 35.3 Å². The van der Waals surface area contributed by atoms with Crippen molar-refractivity contribution in [2.24, 2.45) is 4.99 Å². The van der Waals surface area contributed by atoms with E-state index in [2.05, 4.69) is 30.8 Å². The van der Waals surface area contributed by atoms with Crippen molar-refractivity contribution in [1.29, 1.82) is 0 Å². The number of ether oxygens (including phenoxy) is 1. The van der Waals surface area contributed by atoms with Crippen molar-refractivity contribution in [2.75, 3.05) is 20.7 Å². The fourth-order valence-corrected chi connectivity index (χ4v) is 2.77. The molecule has 0 bridgehead atoms. The zero-order valence-corrected chi connectivity index (χ0v) is 18.3. The summed E-state index contributed by atoms with van der Waals surface area (Å²) < 4.78 is 10.7. The first kappa shape index (κ1) is 21.8. The molecule has 1 N–H and O–H groups in total. The summed E-state index contributed by atoms with van der Waals surface area (Å²) in [6.07, 6.45) is -0.178. The number of rotatable bonds is 7. The molecule has 8 nitrogen and oxygen atoms in total. The first-order valence-corrected chi connectivity index (χ1v) is 8.68. The van der Waals surface area contributed by atoms with Gasteiger partial charge in [-0.25, -0.2) is 4.98 Å². The minimum absolute atomic E-state index is 0. The predicted molar refractivity (Wildman–Crippen MR) is 108 cm³/mol. The van der Waals surface area contributed by atoms with Crippen LogP contribution in [0.1, 0.15) is 42.4 Å².